The summed E-state index contributed by atoms with van der Waals surface area (Å²) in [5.41, 5.74) is 1.57. The van der Waals surface area contributed by atoms with E-state index in [2.05, 4.69) is 16.9 Å². The summed E-state index contributed by atoms with van der Waals surface area (Å²) in [4.78, 5) is 19.0. The minimum Gasteiger partial charge on any atom is -0.399 e. The van der Waals surface area contributed by atoms with Crippen LogP contribution in [0.4, 0.5) is 0 Å². The van der Waals surface area contributed by atoms with Crippen molar-refractivity contribution in [3.63, 3.8) is 0 Å². The van der Waals surface area contributed by atoms with Crippen LogP contribution < -0.4 is 0 Å². The predicted molar refractivity (Wildman–Crippen MR) is 86.0 cm³/mol. The molecule has 5 heteroatoms. The number of hydrogen-bond acceptors (Lipinski definition) is 4. The van der Waals surface area contributed by atoms with Crippen molar-refractivity contribution in [1.82, 2.24) is 4.90 Å². The number of carbonyl (C=O) groups is 1. The Morgan fingerprint density at radius 1 is 1.36 bits per heavy atom. The van der Waals surface area contributed by atoms with E-state index in [9.17, 15) is 9.90 Å². The number of amides is 1. The first-order valence-corrected chi connectivity index (χ1v) is 7.71. The number of likely N-dealkylation sites (tertiary alicyclic amines) is 1. The van der Waals surface area contributed by atoms with Gasteiger partial charge in [0.05, 0.1) is 6.21 Å². The lowest BCUT2D eigenvalue weighted by Crippen LogP contribution is -2.44. The molecule has 1 heterocycles. The molecule has 0 aliphatic carbocycles. The lowest BCUT2D eigenvalue weighted by Gasteiger charge is -2.40. The van der Waals surface area contributed by atoms with Gasteiger partial charge in [0.1, 0.15) is 7.11 Å². The molecule has 1 fully saturated rings. The lowest BCUT2D eigenvalue weighted by atomic mass is 9.77. The van der Waals surface area contributed by atoms with E-state index in [0.29, 0.717) is 18.7 Å². The molecule has 1 amide bonds. The zero-order valence-corrected chi connectivity index (χ0v) is 13.3. The molecule has 120 valence electrons. The van der Waals surface area contributed by atoms with Gasteiger partial charge in [-0.25, -0.2) is 0 Å². The van der Waals surface area contributed by atoms with Gasteiger partial charge < -0.3 is 14.8 Å². The Kier molecular flexibility index (Phi) is 5.55. The molecule has 22 heavy (non-hydrogen) atoms. The fourth-order valence-electron chi connectivity index (χ4n) is 2.82. The van der Waals surface area contributed by atoms with Crippen molar-refractivity contribution in [3.8, 4) is 0 Å². The minimum absolute atomic E-state index is 0.00272. The van der Waals surface area contributed by atoms with Crippen molar-refractivity contribution in [2.24, 2.45) is 10.6 Å². The third-order valence-electron chi connectivity index (χ3n) is 4.66. The van der Waals surface area contributed by atoms with Gasteiger partial charge in [0.15, 0.2) is 0 Å². The topological polar surface area (TPSA) is 62.1 Å². The van der Waals surface area contributed by atoms with Gasteiger partial charge >= 0.3 is 0 Å². The number of aliphatic hydroxyl groups excluding tert-OH is 1. The standard InChI is InChI=1S/C17H24N2O3/c1-3-17(13-20)8-10-19(11-9-17)16(21)15-6-4-14(5-7-15)12-18-22-2/h4-7,12,20H,3,8-11,13H2,1-2H3/b18-12+. The van der Waals surface area contributed by atoms with Crippen molar-refractivity contribution in [1.29, 1.82) is 0 Å². The molecule has 0 bridgehead atoms. The van der Waals surface area contributed by atoms with E-state index in [4.69, 9.17) is 0 Å². The second-order valence-electron chi connectivity index (χ2n) is 5.84. The average molecular weight is 304 g/mol. The third kappa shape index (κ3) is 3.65. The van der Waals surface area contributed by atoms with Gasteiger partial charge in [0, 0.05) is 25.3 Å². The maximum atomic E-state index is 12.5. The highest BCUT2D eigenvalue weighted by atomic mass is 16.6. The van der Waals surface area contributed by atoms with Crippen LogP contribution in [0.3, 0.4) is 0 Å². The first-order chi connectivity index (χ1) is 10.6. The molecular formula is C17H24N2O3. The second-order valence-corrected chi connectivity index (χ2v) is 5.84. The zero-order valence-electron chi connectivity index (χ0n) is 13.3. The van der Waals surface area contributed by atoms with Crippen LogP contribution in [0.25, 0.3) is 0 Å². The molecule has 1 aliphatic rings. The Hall–Kier alpha value is -1.88. The van der Waals surface area contributed by atoms with E-state index < -0.39 is 0 Å². The molecule has 0 spiro atoms. The summed E-state index contributed by atoms with van der Waals surface area (Å²) in [6.07, 6.45) is 4.29. The zero-order chi connectivity index (χ0) is 16.0. The van der Waals surface area contributed by atoms with Gasteiger partial charge in [-0.15, -0.1) is 0 Å². The van der Waals surface area contributed by atoms with Crippen molar-refractivity contribution in [2.45, 2.75) is 26.2 Å². The predicted octanol–water partition coefficient (Wildman–Crippen LogP) is 2.29. The average Bonchev–Trinajstić information content (AvgIpc) is 2.60. The number of hydrogen-bond donors (Lipinski definition) is 1. The van der Waals surface area contributed by atoms with Crippen LogP contribution in [0.2, 0.25) is 0 Å². The molecular weight excluding hydrogens is 280 g/mol. The largest absolute Gasteiger partial charge is 0.399 e. The summed E-state index contributed by atoms with van der Waals surface area (Å²) in [5.74, 6) is 0.0536. The number of nitrogens with zero attached hydrogens (tertiary/aromatic N) is 2. The lowest BCUT2D eigenvalue weighted by molar-refractivity contribution is 0.0338. The van der Waals surface area contributed by atoms with Crippen LogP contribution in [0.5, 0.6) is 0 Å². The smallest absolute Gasteiger partial charge is 0.253 e. The number of aliphatic hydroxyl groups is 1. The van der Waals surface area contributed by atoms with E-state index in [1.807, 2.05) is 29.2 Å². The van der Waals surface area contributed by atoms with Gasteiger partial charge in [0.2, 0.25) is 0 Å². The van der Waals surface area contributed by atoms with E-state index in [0.717, 1.165) is 24.8 Å². The molecule has 0 radical (unpaired) electrons. The van der Waals surface area contributed by atoms with Crippen LogP contribution in [0.1, 0.15) is 42.1 Å². The minimum atomic E-state index is -0.00272. The van der Waals surface area contributed by atoms with Crippen molar-refractivity contribution in [3.05, 3.63) is 35.4 Å². The summed E-state index contributed by atoms with van der Waals surface area (Å²) in [6.45, 7) is 3.73. The Labute approximate surface area is 131 Å². The molecule has 2 rings (SSSR count). The molecule has 1 aromatic carbocycles. The van der Waals surface area contributed by atoms with Gasteiger partial charge in [-0.2, -0.15) is 0 Å². The van der Waals surface area contributed by atoms with Crippen LogP contribution in [0.15, 0.2) is 29.4 Å². The van der Waals surface area contributed by atoms with E-state index in [1.165, 1.54) is 7.11 Å². The summed E-state index contributed by atoms with van der Waals surface area (Å²) in [6, 6.07) is 7.33. The fraction of sp³-hybridized carbons (Fsp3) is 0.529. The molecule has 0 aromatic heterocycles. The van der Waals surface area contributed by atoms with Crippen molar-refractivity contribution >= 4 is 12.1 Å². The SMILES string of the molecule is CCC1(CO)CCN(C(=O)c2ccc(/C=N/OC)cc2)CC1. The number of rotatable bonds is 5. The normalized spacial score (nSPS) is 17.7. The fourth-order valence-corrected chi connectivity index (χ4v) is 2.82. The Morgan fingerprint density at radius 3 is 2.50 bits per heavy atom. The van der Waals surface area contributed by atoms with Gasteiger partial charge in [0.25, 0.3) is 5.91 Å². The third-order valence-corrected chi connectivity index (χ3v) is 4.66. The molecule has 1 aromatic rings. The molecule has 0 atom stereocenters. The van der Waals surface area contributed by atoms with Crippen LogP contribution in [0, 0.1) is 5.41 Å². The maximum absolute atomic E-state index is 12.5. The van der Waals surface area contributed by atoms with Crippen LogP contribution in [-0.2, 0) is 4.84 Å². The number of carbonyl (C=O) groups excluding carboxylic acids is 1. The second kappa shape index (κ2) is 7.40. The molecule has 0 unspecified atom stereocenters. The number of benzene rings is 1. The number of oxime groups is 1. The quantitative estimate of drug-likeness (QED) is 0.670. The van der Waals surface area contributed by atoms with Crippen LogP contribution >= 0.6 is 0 Å². The summed E-state index contributed by atoms with van der Waals surface area (Å²) < 4.78 is 0. The van der Waals surface area contributed by atoms with E-state index in [-0.39, 0.29) is 17.9 Å². The van der Waals surface area contributed by atoms with Gasteiger partial charge in [-0.05, 0) is 42.4 Å². The monoisotopic (exact) mass is 304 g/mol. The Bertz CT molecular complexity index is 511. The summed E-state index contributed by atoms with van der Waals surface area (Å²) in [5, 5.41) is 13.3. The van der Waals surface area contributed by atoms with E-state index >= 15 is 0 Å². The molecule has 1 aliphatic heterocycles. The van der Waals surface area contributed by atoms with Crippen molar-refractivity contribution < 1.29 is 14.7 Å². The highest BCUT2D eigenvalue weighted by molar-refractivity contribution is 5.95. The number of piperidine rings is 1. The molecule has 1 saturated heterocycles. The maximum Gasteiger partial charge on any atom is 0.253 e. The first-order valence-electron chi connectivity index (χ1n) is 7.71. The summed E-state index contributed by atoms with van der Waals surface area (Å²) >= 11 is 0. The first kappa shape index (κ1) is 16.5. The molecule has 1 N–H and O–H groups in total. The Balaban J connectivity index is 1.99. The van der Waals surface area contributed by atoms with E-state index in [1.54, 1.807) is 6.21 Å². The summed E-state index contributed by atoms with van der Waals surface area (Å²) in [7, 11) is 1.49. The highest BCUT2D eigenvalue weighted by Crippen LogP contribution is 2.34. The molecule has 5 nitrogen and oxygen atoms in total. The highest BCUT2D eigenvalue weighted by Gasteiger charge is 2.34. The van der Waals surface area contributed by atoms with Gasteiger partial charge in [-0.1, -0.05) is 24.2 Å². The van der Waals surface area contributed by atoms with Crippen LogP contribution in [-0.4, -0.2) is 48.9 Å². The molecule has 0 saturated carbocycles. The van der Waals surface area contributed by atoms with Gasteiger partial charge in [-0.3, -0.25) is 4.79 Å². The van der Waals surface area contributed by atoms with Crippen molar-refractivity contribution in [2.75, 3.05) is 26.8 Å². The Morgan fingerprint density at radius 2 is 2.00 bits per heavy atom.